The molecule has 4 aliphatic heterocycles. The van der Waals surface area contributed by atoms with Crippen molar-refractivity contribution in [1.82, 2.24) is 34.7 Å². The average molecular weight is 815 g/mol. The van der Waals surface area contributed by atoms with Crippen LogP contribution in [0.15, 0.2) is 79.0 Å². The summed E-state index contributed by atoms with van der Waals surface area (Å²) in [7, 11) is 0. The van der Waals surface area contributed by atoms with Gasteiger partial charge in [0.2, 0.25) is 17.7 Å². The number of nitrogens with zero attached hydrogens (tertiary/aromatic N) is 8. The number of benzene rings is 2. The third-order valence-electron chi connectivity index (χ3n) is 11.6. The van der Waals surface area contributed by atoms with E-state index in [0.717, 1.165) is 52.9 Å². The van der Waals surface area contributed by atoms with E-state index in [1.165, 1.54) is 6.07 Å². The van der Waals surface area contributed by atoms with Gasteiger partial charge in [0.1, 0.15) is 29.2 Å². The Morgan fingerprint density at radius 2 is 1.68 bits per heavy atom. The van der Waals surface area contributed by atoms with E-state index >= 15 is 0 Å². The van der Waals surface area contributed by atoms with E-state index in [0.29, 0.717) is 50.7 Å². The van der Waals surface area contributed by atoms with Crippen molar-refractivity contribution in [3.05, 3.63) is 102 Å². The highest BCUT2D eigenvalue weighted by molar-refractivity contribution is 6.23. The molecule has 3 aromatic heterocycles. The van der Waals surface area contributed by atoms with E-state index in [-0.39, 0.29) is 54.8 Å². The summed E-state index contributed by atoms with van der Waals surface area (Å²) in [5.74, 6) is -0.833. The molecule has 0 spiro atoms. The molecule has 4 aliphatic rings. The summed E-state index contributed by atoms with van der Waals surface area (Å²) in [5, 5.41) is 10.4. The molecular weight excluding hydrogens is 772 g/mol. The van der Waals surface area contributed by atoms with Crippen molar-refractivity contribution in [1.29, 1.82) is 0 Å². The second kappa shape index (κ2) is 16.5. The number of carbonyl (C=O) groups excluding carboxylic acids is 5. The van der Waals surface area contributed by atoms with Crippen molar-refractivity contribution in [2.75, 3.05) is 67.6 Å². The second-order valence-corrected chi connectivity index (χ2v) is 15.3. The fourth-order valence-corrected chi connectivity index (χ4v) is 8.49. The van der Waals surface area contributed by atoms with Crippen molar-refractivity contribution >= 4 is 52.5 Å². The molecule has 2 atom stereocenters. The van der Waals surface area contributed by atoms with E-state index in [1.54, 1.807) is 36.5 Å². The lowest BCUT2D eigenvalue weighted by Gasteiger charge is -2.35. The second-order valence-electron chi connectivity index (χ2n) is 15.3. The molecule has 0 radical (unpaired) electrons. The third-order valence-corrected chi connectivity index (χ3v) is 11.6. The van der Waals surface area contributed by atoms with Gasteiger partial charge in [-0.15, -0.1) is 5.10 Å². The molecule has 0 saturated carbocycles. The van der Waals surface area contributed by atoms with Crippen LogP contribution in [0.4, 0.5) is 21.7 Å². The molecule has 2 N–H and O–H groups in total. The van der Waals surface area contributed by atoms with Gasteiger partial charge in [-0.3, -0.25) is 34.2 Å². The maximum atomic E-state index is 14.1. The zero-order valence-electron chi connectivity index (χ0n) is 32.8. The fourth-order valence-electron chi connectivity index (χ4n) is 8.49. The minimum Gasteiger partial charge on any atom is -0.383 e. The number of hydrogen-bond acceptors (Lipinski definition) is 12. The monoisotopic (exact) mass is 814 g/mol. The first-order chi connectivity index (χ1) is 29.2. The molecule has 17 heteroatoms. The van der Waals surface area contributed by atoms with Gasteiger partial charge in [-0.2, -0.15) is 0 Å². The van der Waals surface area contributed by atoms with Gasteiger partial charge in [0.25, 0.3) is 11.8 Å². The summed E-state index contributed by atoms with van der Waals surface area (Å²) in [6.07, 6.45) is 4.07. The average Bonchev–Trinajstić information content (AvgIpc) is 3.99. The maximum absolute atomic E-state index is 14.1. The van der Waals surface area contributed by atoms with Crippen LogP contribution in [0.25, 0.3) is 17.0 Å². The Kier molecular flexibility index (Phi) is 10.6. The molecule has 9 rings (SSSR count). The third kappa shape index (κ3) is 7.63. The van der Waals surface area contributed by atoms with Crippen LogP contribution in [-0.4, -0.2) is 117 Å². The summed E-state index contributed by atoms with van der Waals surface area (Å²) >= 11 is 0. The number of piperidine rings is 1. The number of amides is 5. The molecule has 3 saturated heterocycles. The van der Waals surface area contributed by atoms with Gasteiger partial charge in [0.05, 0.1) is 48.7 Å². The molecule has 16 nitrogen and oxygen atoms in total. The quantitative estimate of drug-likeness (QED) is 0.138. The number of nitrogens with one attached hydrogen (secondary N) is 2. The van der Waals surface area contributed by atoms with Crippen molar-refractivity contribution in [2.45, 2.75) is 44.2 Å². The fraction of sp³-hybridized carbons (Fsp3) is 0.349. The van der Waals surface area contributed by atoms with Gasteiger partial charge in [0.15, 0.2) is 5.65 Å². The van der Waals surface area contributed by atoms with Crippen LogP contribution in [0.3, 0.4) is 0 Å². The van der Waals surface area contributed by atoms with Gasteiger partial charge < -0.3 is 24.8 Å². The number of halogens is 1. The number of fused-ring (bicyclic) bond motifs is 2. The lowest BCUT2D eigenvalue weighted by Crippen LogP contribution is -2.54. The van der Waals surface area contributed by atoms with Crippen molar-refractivity contribution < 1.29 is 33.1 Å². The number of imide groups is 2. The Hall–Kier alpha value is -6.75. The SMILES string of the molecule is O=C1CCC(N2C(=O)c3ccc(NCCOCCC(=O)N4CCN(c5cccc(-c6cnc7ccc(N8CCCC8c8cccc(F)c8)nn67)n5)CC4)cc3C2=O)C(=O)N1. The minimum atomic E-state index is -1.02. The van der Waals surface area contributed by atoms with Gasteiger partial charge >= 0.3 is 0 Å². The first-order valence-electron chi connectivity index (χ1n) is 20.3. The number of pyridine rings is 1. The summed E-state index contributed by atoms with van der Waals surface area (Å²) in [6.45, 7) is 4.14. The number of imidazole rings is 1. The number of anilines is 3. The molecule has 2 aromatic carbocycles. The van der Waals surface area contributed by atoms with Crippen molar-refractivity contribution in [2.24, 2.45) is 0 Å². The van der Waals surface area contributed by atoms with Gasteiger partial charge in [-0.25, -0.2) is 18.9 Å². The summed E-state index contributed by atoms with van der Waals surface area (Å²) in [4.78, 5) is 79.8. The predicted octanol–water partition coefficient (Wildman–Crippen LogP) is 3.84. The van der Waals surface area contributed by atoms with Crippen LogP contribution in [0.1, 0.15) is 64.4 Å². The molecule has 7 heterocycles. The van der Waals surface area contributed by atoms with Crippen LogP contribution >= 0.6 is 0 Å². The Morgan fingerprint density at radius 1 is 0.850 bits per heavy atom. The molecule has 5 aromatic rings. The van der Waals surface area contributed by atoms with Gasteiger partial charge in [-0.1, -0.05) is 18.2 Å². The van der Waals surface area contributed by atoms with E-state index < -0.39 is 29.7 Å². The highest BCUT2D eigenvalue weighted by Gasteiger charge is 2.44. The van der Waals surface area contributed by atoms with Gasteiger partial charge in [-0.05, 0) is 79.4 Å². The van der Waals surface area contributed by atoms with E-state index in [9.17, 15) is 28.4 Å². The number of rotatable bonds is 12. The van der Waals surface area contributed by atoms with E-state index in [2.05, 4.69) is 25.4 Å². The Bertz CT molecular complexity index is 2500. The largest absolute Gasteiger partial charge is 0.383 e. The smallest absolute Gasteiger partial charge is 0.262 e. The van der Waals surface area contributed by atoms with Crippen LogP contribution in [0.5, 0.6) is 0 Å². The normalized spacial score (nSPS) is 19.4. The summed E-state index contributed by atoms with van der Waals surface area (Å²) in [6, 6.07) is 20.4. The van der Waals surface area contributed by atoms with Crippen LogP contribution in [0, 0.1) is 5.82 Å². The highest BCUT2D eigenvalue weighted by Crippen LogP contribution is 2.36. The van der Waals surface area contributed by atoms with E-state index in [4.69, 9.17) is 14.8 Å². The maximum Gasteiger partial charge on any atom is 0.262 e. The first-order valence-corrected chi connectivity index (χ1v) is 20.3. The Morgan fingerprint density at radius 3 is 2.52 bits per heavy atom. The topological polar surface area (TPSA) is 175 Å². The zero-order valence-corrected chi connectivity index (χ0v) is 32.8. The number of ether oxygens (including phenoxy) is 1. The number of hydrogen-bond donors (Lipinski definition) is 2. The zero-order chi connectivity index (χ0) is 41.3. The lowest BCUT2D eigenvalue weighted by molar-refractivity contribution is -0.136. The molecule has 0 bridgehead atoms. The van der Waals surface area contributed by atoms with Crippen LogP contribution in [0.2, 0.25) is 0 Å². The van der Waals surface area contributed by atoms with E-state index in [1.807, 2.05) is 45.8 Å². The van der Waals surface area contributed by atoms with Crippen molar-refractivity contribution in [3.63, 3.8) is 0 Å². The van der Waals surface area contributed by atoms with Crippen molar-refractivity contribution in [3.8, 4) is 11.4 Å². The molecule has 60 heavy (non-hydrogen) atoms. The number of aromatic nitrogens is 4. The standard InChI is InChI=1S/C43H43FN10O6/c44-28-5-1-4-27(24-28)33-7-3-17-52(33)38-13-12-36-46-26-35(54(36)49-38)32-6-2-8-37(47-32)50-18-20-51(21-19-50)40(56)15-22-60-23-16-45-29-9-10-30-31(25-29)43(59)53(42(30)58)34-11-14-39(55)48-41(34)57/h1-2,4-6,8-10,12-13,24-26,33-34,45H,3,7,11,14-23H2,(H,48,55,57). The molecule has 308 valence electrons. The first kappa shape index (κ1) is 38.8. The minimum absolute atomic E-state index is 0.0111. The Labute approximate surface area is 344 Å². The molecule has 3 fully saturated rings. The highest BCUT2D eigenvalue weighted by atomic mass is 19.1. The molecular formula is C43H43FN10O6. The summed E-state index contributed by atoms with van der Waals surface area (Å²) < 4.78 is 21.6. The van der Waals surface area contributed by atoms with Crippen LogP contribution < -0.4 is 20.4 Å². The predicted molar refractivity (Wildman–Crippen MR) is 218 cm³/mol. The number of carbonyl (C=O) groups is 5. The van der Waals surface area contributed by atoms with Gasteiger partial charge in [0, 0.05) is 51.4 Å². The molecule has 5 amide bonds. The molecule has 2 unspecified atom stereocenters. The summed E-state index contributed by atoms with van der Waals surface area (Å²) in [5.41, 5.74) is 4.14. The lowest BCUT2D eigenvalue weighted by atomic mass is 10.0. The number of piperazine rings is 1. The Balaban J connectivity index is 0.739. The molecule has 0 aliphatic carbocycles. The van der Waals surface area contributed by atoms with Crippen LogP contribution in [-0.2, 0) is 19.1 Å².